The highest BCUT2D eigenvalue weighted by molar-refractivity contribution is 5.91. The van der Waals surface area contributed by atoms with Gasteiger partial charge in [-0.05, 0) is 62.4 Å². The second-order valence-corrected chi connectivity index (χ2v) is 9.03. The second kappa shape index (κ2) is 9.21. The normalized spacial score (nSPS) is 22.5. The molecule has 0 bridgehead atoms. The van der Waals surface area contributed by atoms with Crippen LogP contribution in [0.25, 0.3) is 0 Å². The third kappa shape index (κ3) is 5.08. The van der Waals surface area contributed by atoms with E-state index in [-0.39, 0.29) is 11.5 Å². The first-order valence-electron chi connectivity index (χ1n) is 11.1. The maximum atomic E-state index is 13.2. The first-order chi connectivity index (χ1) is 15.7. The monoisotopic (exact) mass is 464 g/mol. The number of furan rings is 1. The van der Waals surface area contributed by atoms with Crippen molar-refractivity contribution in [3.8, 4) is 0 Å². The summed E-state index contributed by atoms with van der Waals surface area (Å²) >= 11 is 0. The molecule has 1 spiro atoms. The number of alkyl halides is 3. The Morgan fingerprint density at radius 2 is 1.73 bits per heavy atom. The second-order valence-electron chi connectivity index (χ2n) is 9.03. The van der Waals surface area contributed by atoms with Crippen LogP contribution in [0.3, 0.4) is 0 Å². The number of carboxylic acid groups (broad SMARTS) is 1. The van der Waals surface area contributed by atoms with Gasteiger partial charge in [-0.3, -0.25) is 9.69 Å². The molecule has 1 atom stereocenters. The van der Waals surface area contributed by atoms with Gasteiger partial charge < -0.3 is 14.4 Å². The van der Waals surface area contributed by atoms with E-state index in [1.807, 2.05) is 12.1 Å². The van der Waals surface area contributed by atoms with E-state index < -0.39 is 12.1 Å². The zero-order chi connectivity index (χ0) is 23.6. The summed E-state index contributed by atoms with van der Waals surface area (Å²) in [5, 5.41) is 7.12. The minimum absolute atomic E-state index is 0.185. The van der Waals surface area contributed by atoms with Gasteiger partial charge in [0.25, 0.3) is 0 Å². The molecule has 1 N–H and O–H groups in total. The molecule has 3 aliphatic rings. The van der Waals surface area contributed by atoms with Crippen molar-refractivity contribution in [1.82, 2.24) is 9.80 Å². The van der Waals surface area contributed by atoms with Gasteiger partial charge in [0.1, 0.15) is 5.76 Å². The molecule has 2 aromatic rings. The number of halogens is 3. The van der Waals surface area contributed by atoms with Crippen LogP contribution in [0, 0.1) is 11.3 Å². The Bertz CT molecular complexity index is 950. The maximum absolute atomic E-state index is 13.2. The van der Waals surface area contributed by atoms with E-state index in [4.69, 9.17) is 14.3 Å². The number of amides is 1. The highest BCUT2D eigenvalue weighted by atomic mass is 19.4. The largest absolute Gasteiger partial charge is 0.490 e. The van der Waals surface area contributed by atoms with Gasteiger partial charge in [-0.15, -0.1) is 0 Å². The summed E-state index contributed by atoms with van der Waals surface area (Å²) in [7, 11) is 0. The molecule has 3 heterocycles. The summed E-state index contributed by atoms with van der Waals surface area (Å²) in [5.74, 6) is -0.610. The molecule has 1 saturated carbocycles. The third-order valence-corrected chi connectivity index (χ3v) is 6.74. The van der Waals surface area contributed by atoms with Crippen molar-refractivity contribution < 1.29 is 32.3 Å². The first kappa shape index (κ1) is 23.4. The quantitative estimate of drug-likeness (QED) is 0.660. The molecule has 33 heavy (non-hydrogen) atoms. The number of carbonyl (C=O) groups excluding carboxylic acids is 1. The molecule has 1 amide bonds. The van der Waals surface area contributed by atoms with Crippen LogP contribution in [-0.4, -0.2) is 52.6 Å². The van der Waals surface area contributed by atoms with Crippen molar-refractivity contribution >= 4 is 11.9 Å². The van der Waals surface area contributed by atoms with Gasteiger partial charge in [0.2, 0.25) is 5.91 Å². The summed E-state index contributed by atoms with van der Waals surface area (Å²) in [5.41, 5.74) is 1.13. The van der Waals surface area contributed by atoms with E-state index >= 15 is 0 Å². The van der Waals surface area contributed by atoms with Crippen molar-refractivity contribution in [2.24, 2.45) is 11.3 Å². The molecule has 1 aromatic carbocycles. The average molecular weight is 464 g/mol. The zero-order valence-electron chi connectivity index (χ0n) is 18.1. The molecular formula is C24H27F3N2O4. The molecule has 5 rings (SSSR count). The number of aliphatic carboxylic acids is 1. The lowest BCUT2D eigenvalue weighted by Crippen LogP contribution is -2.66. The van der Waals surface area contributed by atoms with Gasteiger partial charge in [-0.25, -0.2) is 4.79 Å². The molecule has 2 aliphatic heterocycles. The topological polar surface area (TPSA) is 74.0 Å². The molecule has 178 valence electrons. The van der Waals surface area contributed by atoms with E-state index in [0.29, 0.717) is 5.91 Å². The number of carboxylic acids is 1. The molecule has 3 fully saturated rings. The van der Waals surface area contributed by atoms with E-state index in [1.54, 1.807) is 6.26 Å². The highest BCUT2D eigenvalue weighted by Crippen LogP contribution is 2.57. The standard InChI is InChI=1S/C22H26N2O2.C2HF3O2/c25-21-22(10-12-23(13-11-22)16-19-7-4-14-26-19)20(18-5-2-1-3-6-18)24(21)15-17-8-9-17;3-2(4,5)1(6)7/h1-7,14,17,20H,8-13,15-16H2;(H,6,7). The van der Waals surface area contributed by atoms with Crippen LogP contribution in [0.1, 0.15) is 43.0 Å². The number of nitrogens with zero attached hydrogens (tertiary/aromatic N) is 2. The van der Waals surface area contributed by atoms with Crippen LogP contribution in [0.4, 0.5) is 13.2 Å². The summed E-state index contributed by atoms with van der Waals surface area (Å²) < 4.78 is 37.2. The smallest absolute Gasteiger partial charge is 0.475 e. The predicted molar refractivity (Wildman–Crippen MR) is 113 cm³/mol. The molecule has 6 nitrogen and oxygen atoms in total. The van der Waals surface area contributed by atoms with Crippen molar-refractivity contribution in [3.05, 3.63) is 60.1 Å². The number of hydrogen-bond donors (Lipinski definition) is 1. The fourth-order valence-corrected chi connectivity index (χ4v) is 4.87. The fraction of sp³-hybridized carbons (Fsp3) is 0.500. The highest BCUT2D eigenvalue weighted by Gasteiger charge is 2.61. The number of benzene rings is 1. The minimum Gasteiger partial charge on any atom is -0.475 e. The van der Waals surface area contributed by atoms with Gasteiger partial charge in [0, 0.05) is 6.54 Å². The van der Waals surface area contributed by atoms with E-state index in [9.17, 15) is 18.0 Å². The van der Waals surface area contributed by atoms with Crippen LogP contribution >= 0.6 is 0 Å². The summed E-state index contributed by atoms with van der Waals surface area (Å²) in [6, 6.07) is 14.9. The number of piperidine rings is 1. The van der Waals surface area contributed by atoms with E-state index in [2.05, 4.69) is 40.1 Å². The van der Waals surface area contributed by atoms with Gasteiger partial charge >= 0.3 is 12.1 Å². The van der Waals surface area contributed by atoms with Crippen molar-refractivity contribution in [2.75, 3.05) is 19.6 Å². The fourth-order valence-electron chi connectivity index (χ4n) is 4.87. The van der Waals surface area contributed by atoms with Crippen LogP contribution in [0.5, 0.6) is 0 Å². The average Bonchev–Trinajstić information content (AvgIpc) is 3.47. The first-order valence-corrected chi connectivity index (χ1v) is 11.1. The van der Waals surface area contributed by atoms with Crippen LogP contribution < -0.4 is 0 Å². The Morgan fingerprint density at radius 3 is 2.24 bits per heavy atom. The van der Waals surface area contributed by atoms with Crippen molar-refractivity contribution in [1.29, 1.82) is 0 Å². The van der Waals surface area contributed by atoms with Gasteiger partial charge in [0.15, 0.2) is 0 Å². The van der Waals surface area contributed by atoms with Gasteiger partial charge in [-0.1, -0.05) is 30.3 Å². The lowest BCUT2D eigenvalue weighted by Gasteiger charge is -2.59. The Morgan fingerprint density at radius 1 is 1.09 bits per heavy atom. The third-order valence-electron chi connectivity index (χ3n) is 6.74. The Balaban J connectivity index is 0.000000325. The minimum atomic E-state index is -5.08. The van der Waals surface area contributed by atoms with Crippen LogP contribution in [0.15, 0.2) is 53.1 Å². The van der Waals surface area contributed by atoms with Crippen molar-refractivity contribution in [2.45, 2.75) is 44.4 Å². The molecule has 1 unspecified atom stereocenters. The number of likely N-dealkylation sites (tertiary alicyclic amines) is 2. The molecule has 1 aliphatic carbocycles. The molecular weight excluding hydrogens is 437 g/mol. The number of β-lactam (4-membered cyclic amide) rings is 1. The Labute approximate surface area is 190 Å². The Hall–Kier alpha value is -2.81. The summed E-state index contributed by atoms with van der Waals surface area (Å²) in [6.45, 7) is 3.73. The van der Waals surface area contributed by atoms with Crippen molar-refractivity contribution in [3.63, 3.8) is 0 Å². The summed E-state index contributed by atoms with van der Waals surface area (Å²) in [4.78, 5) is 26.7. The maximum Gasteiger partial charge on any atom is 0.490 e. The van der Waals surface area contributed by atoms with E-state index in [0.717, 1.165) is 50.7 Å². The molecule has 9 heteroatoms. The number of rotatable bonds is 5. The number of carbonyl (C=O) groups is 2. The molecule has 0 radical (unpaired) electrons. The molecule has 2 saturated heterocycles. The SMILES string of the molecule is O=C(O)C(F)(F)F.O=C1N(CC2CC2)C(c2ccccc2)C12CCN(Cc1ccco1)CC2. The Kier molecular flexibility index (Phi) is 6.52. The van der Waals surface area contributed by atoms with Gasteiger partial charge in [-0.2, -0.15) is 13.2 Å². The van der Waals surface area contributed by atoms with Crippen LogP contribution in [-0.2, 0) is 16.1 Å². The van der Waals surface area contributed by atoms with Gasteiger partial charge in [0.05, 0.1) is 24.3 Å². The summed E-state index contributed by atoms with van der Waals surface area (Å²) in [6.07, 6.45) is 1.13. The molecule has 1 aromatic heterocycles. The lowest BCUT2D eigenvalue weighted by atomic mass is 9.62. The van der Waals surface area contributed by atoms with E-state index in [1.165, 1.54) is 18.4 Å². The van der Waals surface area contributed by atoms with Crippen LogP contribution in [0.2, 0.25) is 0 Å². The zero-order valence-corrected chi connectivity index (χ0v) is 18.1. The number of hydrogen-bond acceptors (Lipinski definition) is 4. The predicted octanol–water partition coefficient (Wildman–Crippen LogP) is 4.49. The lowest BCUT2D eigenvalue weighted by molar-refractivity contribution is -0.192.